The number of hydrogen-bond donors (Lipinski definition) is 6. The molecule has 1 heterocycles. The van der Waals surface area contributed by atoms with Crippen molar-refractivity contribution in [1.29, 1.82) is 0 Å². The lowest BCUT2D eigenvalue weighted by Crippen LogP contribution is -2.58. The fraction of sp³-hybridized carbons (Fsp3) is 0.583. The molecule has 7 N–H and O–H groups in total. The van der Waals surface area contributed by atoms with E-state index < -0.39 is 54.0 Å². The van der Waals surface area contributed by atoms with Gasteiger partial charge in [0.25, 0.3) is 0 Å². The van der Waals surface area contributed by atoms with Crippen LogP contribution in [0.4, 0.5) is 0 Å². The number of amides is 3. The van der Waals surface area contributed by atoms with Gasteiger partial charge in [0.15, 0.2) is 6.04 Å². The molecule has 0 spiro atoms. The molecule has 1 aromatic carbocycles. The van der Waals surface area contributed by atoms with Crippen LogP contribution in [0.5, 0.6) is 5.75 Å². The molecule has 194 valence electrons. The van der Waals surface area contributed by atoms with Crippen LogP contribution in [0.2, 0.25) is 0 Å². The monoisotopic (exact) mass is 492 g/mol. The van der Waals surface area contributed by atoms with Crippen LogP contribution in [0.3, 0.4) is 0 Å². The maximum atomic E-state index is 13.4. The van der Waals surface area contributed by atoms with Gasteiger partial charge in [0.05, 0.1) is 12.1 Å². The second kappa shape index (κ2) is 12.5. The lowest BCUT2D eigenvalue weighted by atomic mass is 10.0. The highest BCUT2D eigenvalue weighted by Gasteiger charge is 2.39. The average Bonchev–Trinajstić information content (AvgIpc) is 3.27. The van der Waals surface area contributed by atoms with E-state index in [4.69, 9.17) is 5.73 Å². The molecule has 11 heteroatoms. The van der Waals surface area contributed by atoms with Crippen molar-refractivity contribution >= 4 is 23.7 Å². The van der Waals surface area contributed by atoms with Gasteiger partial charge in [0, 0.05) is 6.54 Å². The second-order valence-electron chi connectivity index (χ2n) is 9.42. The van der Waals surface area contributed by atoms with Crippen LogP contribution < -0.4 is 16.4 Å². The van der Waals surface area contributed by atoms with Gasteiger partial charge in [-0.15, -0.1) is 0 Å². The first kappa shape index (κ1) is 28.1. The Balaban J connectivity index is 2.11. The van der Waals surface area contributed by atoms with Crippen molar-refractivity contribution in [2.45, 2.75) is 76.7 Å². The van der Waals surface area contributed by atoms with Crippen LogP contribution in [0.15, 0.2) is 24.3 Å². The highest BCUT2D eigenvalue weighted by atomic mass is 16.4. The largest absolute Gasteiger partial charge is 0.508 e. The molecule has 5 atom stereocenters. The van der Waals surface area contributed by atoms with Crippen LogP contribution in [-0.2, 0) is 25.6 Å². The predicted octanol–water partition coefficient (Wildman–Crippen LogP) is -0.266. The van der Waals surface area contributed by atoms with Crippen LogP contribution in [0.25, 0.3) is 0 Å². The Labute approximate surface area is 204 Å². The summed E-state index contributed by atoms with van der Waals surface area (Å²) < 4.78 is 0. The normalized spacial score (nSPS) is 19.0. The number of aliphatic hydroxyl groups is 1. The third-order valence-corrected chi connectivity index (χ3v) is 5.94. The summed E-state index contributed by atoms with van der Waals surface area (Å²) in [5.74, 6) is -2.84. The first-order valence-electron chi connectivity index (χ1n) is 11.8. The van der Waals surface area contributed by atoms with Crippen LogP contribution >= 0.6 is 0 Å². The highest BCUT2D eigenvalue weighted by Crippen LogP contribution is 2.21. The van der Waals surface area contributed by atoms with Gasteiger partial charge in [-0.05, 0) is 56.2 Å². The van der Waals surface area contributed by atoms with Crippen molar-refractivity contribution in [2.24, 2.45) is 11.7 Å². The summed E-state index contributed by atoms with van der Waals surface area (Å²) in [6, 6.07) is 2.07. The Morgan fingerprint density at radius 1 is 1.11 bits per heavy atom. The molecule has 11 nitrogen and oxygen atoms in total. The van der Waals surface area contributed by atoms with E-state index in [0.29, 0.717) is 19.3 Å². The standard InChI is InChI=1S/C24H36N4O7/c1-13(2)11-18(26-21(31)17(25)12-15-6-8-16(30)9-7-15)23(33)28-10-4-5-19(28)22(32)27-20(14(3)29)24(34)35/h6-9,13-14,17-20,29-30H,4-5,10-12,25H2,1-3H3,(H,26,31)(H,27,32)(H,34,35)/t14-,17+,18+,19+,20+/m1/s1. The molecule has 1 fully saturated rings. The van der Waals surface area contributed by atoms with Gasteiger partial charge in [-0.2, -0.15) is 0 Å². The third kappa shape index (κ3) is 7.93. The van der Waals surface area contributed by atoms with E-state index in [0.717, 1.165) is 5.56 Å². The molecule has 2 rings (SSSR count). The van der Waals surface area contributed by atoms with Crippen molar-refractivity contribution in [3.8, 4) is 5.75 Å². The first-order chi connectivity index (χ1) is 16.4. The molecular weight excluding hydrogens is 456 g/mol. The number of aliphatic carboxylic acids is 1. The zero-order valence-electron chi connectivity index (χ0n) is 20.3. The van der Waals surface area contributed by atoms with E-state index in [2.05, 4.69) is 10.6 Å². The highest BCUT2D eigenvalue weighted by molar-refractivity contribution is 5.94. The minimum Gasteiger partial charge on any atom is -0.508 e. The summed E-state index contributed by atoms with van der Waals surface area (Å²) in [5.41, 5.74) is 6.81. The minimum atomic E-state index is -1.50. The molecular formula is C24H36N4O7. The molecule has 0 bridgehead atoms. The topological polar surface area (TPSA) is 182 Å². The molecule has 35 heavy (non-hydrogen) atoms. The molecule has 0 aliphatic carbocycles. The number of carboxylic acids is 1. The molecule has 0 aromatic heterocycles. The number of aliphatic hydroxyl groups excluding tert-OH is 1. The summed E-state index contributed by atoms with van der Waals surface area (Å²) in [6.45, 7) is 5.34. The van der Waals surface area contributed by atoms with Crippen molar-refractivity contribution in [1.82, 2.24) is 15.5 Å². The Kier molecular flexibility index (Phi) is 10.0. The van der Waals surface area contributed by atoms with E-state index >= 15 is 0 Å². The quantitative estimate of drug-likeness (QED) is 0.244. The predicted molar refractivity (Wildman–Crippen MR) is 127 cm³/mol. The smallest absolute Gasteiger partial charge is 0.328 e. The third-order valence-electron chi connectivity index (χ3n) is 5.94. The number of carbonyl (C=O) groups excluding carboxylic acids is 3. The Morgan fingerprint density at radius 2 is 1.74 bits per heavy atom. The summed E-state index contributed by atoms with van der Waals surface area (Å²) in [5, 5.41) is 33.3. The molecule has 1 saturated heterocycles. The SMILES string of the molecule is CC(C)C[C@H](NC(=O)[C@@H](N)Cc1ccc(O)cc1)C(=O)N1CCC[C@H]1C(=O)N[C@H](C(=O)O)[C@@H](C)O. The minimum absolute atomic E-state index is 0.0547. The lowest BCUT2D eigenvalue weighted by Gasteiger charge is -2.31. The van der Waals surface area contributed by atoms with Gasteiger partial charge in [-0.1, -0.05) is 26.0 Å². The molecule has 3 amide bonds. The maximum Gasteiger partial charge on any atom is 0.328 e. The summed E-state index contributed by atoms with van der Waals surface area (Å²) in [6.07, 6.45) is 0.0994. The lowest BCUT2D eigenvalue weighted by molar-refractivity contribution is -0.147. The Bertz CT molecular complexity index is 904. The number of hydrogen-bond acceptors (Lipinski definition) is 7. The van der Waals surface area contributed by atoms with Crippen LogP contribution in [-0.4, -0.2) is 80.7 Å². The zero-order valence-corrected chi connectivity index (χ0v) is 20.3. The molecule has 1 aliphatic rings. The zero-order chi connectivity index (χ0) is 26.3. The van der Waals surface area contributed by atoms with Crippen LogP contribution in [0.1, 0.15) is 45.6 Å². The first-order valence-corrected chi connectivity index (χ1v) is 11.8. The van der Waals surface area contributed by atoms with Gasteiger partial charge >= 0.3 is 5.97 Å². The Morgan fingerprint density at radius 3 is 2.29 bits per heavy atom. The average molecular weight is 493 g/mol. The van der Waals surface area contributed by atoms with E-state index in [9.17, 15) is 34.5 Å². The van der Waals surface area contributed by atoms with E-state index in [1.165, 1.54) is 24.0 Å². The number of nitrogens with two attached hydrogens (primary N) is 1. The van der Waals surface area contributed by atoms with Gasteiger partial charge in [-0.3, -0.25) is 14.4 Å². The van der Waals surface area contributed by atoms with Gasteiger partial charge in [-0.25, -0.2) is 4.79 Å². The van der Waals surface area contributed by atoms with Gasteiger partial charge < -0.3 is 36.6 Å². The van der Waals surface area contributed by atoms with E-state index in [1.807, 2.05) is 13.8 Å². The number of aromatic hydroxyl groups is 1. The number of benzene rings is 1. The van der Waals surface area contributed by atoms with E-state index in [-0.39, 0.29) is 24.6 Å². The van der Waals surface area contributed by atoms with Gasteiger partial charge in [0.2, 0.25) is 17.7 Å². The van der Waals surface area contributed by atoms with E-state index in [1.54, 1.807) is 12.1 Å². The molecule has 1 aromatic rings. The molecule has 0 unspecified atom stereocenters. The summed E-state index contributed by atoms with van der Waals surface area (Å²) >= 11 is 0. The molecule has 1 aliphatic heterocycles. The fourth-order valence-corrected chi connectivity index (χ4v) is 4.09. The van der Waals surface area contributed by atoms with Crippen LogP contribution in [0, 0.1) is 5.92 Å². The van der Waals surface area contributed by atoms with Crippen molar-refractivity contribution in [3.63, 3.8) is 0 Å². The summed E-state index contributed by atoms with van der Waals surface area (Å²) in [4.78, 5) is 51.7. The maximum absolute atomic E-state index is 13.4. The number of carboxylic acid groups (broad SMARTS) is 1. The number of phenolic OH excluding ortho intramolecular Hbond substituents is 1. The Hall–Kier alpha value is -3.18. The fourth-order valence-electron chi connectivity index (χ4n) is 4.09. The number of likely N-dealkylation sites (tertiary alicyclic amines) is 1. The number of nitrogens with one attached hydrogen (secondary N) is 2. The molecule has 0 saturated carbocycles. The molecule has 0 radical (unpaired) electrons. The van der Waals surface area contributed by atoms with Crippen molar-refractivity contribution < 1.29 is 34.5 Å². The number of carbonyl (C=O) groups is 4. The van der Waals surface area contributed by atoms with Crippen molar-refractivity contribution in [2.75, 3.05) is 6.54 Å². The van der Waals surface area contributed by atoms with Gasteiger partial charge in [0.1, 0.15) is 17.8 Å². The van der Waals surface area contributed by atoms with Crippen molar-refractivity contribution in [3.05, 3.63) is 29.8 Å². The number of rotatable bonds is 11. The summed E-state index contributed by atoms with van der Waals surface area (Å²) in [7, 11) is 0. The number of phenols is 1. The second-order valence-corrected chi connectivity index (χ2v) is 9.42. The number of nitrogens with zero attached hydrogens (tertiary/aromatic N) is 1.